The summed E-state index contributed by atoms with van der Waals surface area (Å²) < 4.78 is 0. The summed E-state index contributed by atoms with van der Waals surface area (Å²) in [6.45, 7) is 6.03. The molecule has 0 bridgehead atoms. The fourth-order valence-electron chi connectivity index (χ4n) is 2.46. The van der Waals surface area contributed by atoms with E-state index in [1.165, 1.54) is 5.56 Å². The van der Waals surface area contributed by atoms with Crippen molar-refractivity contribution < 1.29 is 5.11 Å². The van der Waals surface area contributed by atoms with E-state index >= 15 is 0 Å². The molecule has 2 N–H and O–H groups in total. The van der Waals surface area contributed by atoms with Crippen molar-refractivity contribution in [1.29, 1.82) is 0 Å². The molecule has 0 aliphatic carbocycles. The Balaban J connectivity index is 2.07. The zero-order valence-electron chi connectivity index (χ0n) is 12.3. The molecule has 0 atom stereocenters. The smallest absolute Gasteiger partial charge is 0.218 e. The number of fused-ring (bicyclic) bond motifs is 1. The van der Waals surface area contributed by atoms with Gasteiger partial charge in [-0.25, -0.2) is 0 Å². The molecule has 0 spiro atoms. The van der Waals surface area contributed by atoms with Gasteiger partial charge >= 0.3 is 0 Å². The number of nitrogens with one attached hydrogen (secondary N) is 1. The molecular weight excluding hydrogens is 262 g/mol. The van der Waals surface area contributed by atoms with Crippen LogP contribution in [0.1, 0.15) is 16.7 Å². The summed E-state index contributed by atoms with van der Waals surface area (Å²) in [6, 6.07) is 11.9. The Bertz CT molecular complexity index is 847. The minimum atomic E-state index is 0.0489. The number of H-pyrrole nitrogens is 1. The fraction of sp³-hybridized carbons (Fsp3) is 0.176. The summed E-state index contributed by atoms with van der Waals surface area (Å²) in [7, 11) is 0. The molecule has 4 heteroatoms. The monoisotopic (exact) mass is 279 g/mol. The number of nitrogens with zero attached hydrogens (tertiary/aromatic N) is 2. The van der Waals surface area contributed by atoms with Crippen molar-refractivity contribution in [2.75, 3.05) is 0 Å². The van der Waals surface area contributed by atoms with Crippen molar-refractivity contribution >= 4 is 22.3 Å². The van der Waals surface area contributed by atoms with Crippen molar-refractivity contribution in [2.24, 2.45) is 10.2 Å². The Morgan fingerprint density at radius 3 is 2.52 bits per heavy atom. The first-order chi connectivity index (χ1) is 10.1. The second-order valence-electron chi connectivity index (χ2n) is 5.31. The van der Waals surface area contributed by atoms with Gasteiger partial charge in [0.1, 0.15) is 0 Å². The van der Waals surface area contributed by atoms with E-state index in [-0.39, 0.29) is 5.88 Å². The van der Waals surface area contributed by atoms with Crippen molar-refractivity contribution in [3.63, 3.8) is 0 Å². The number of hydrogen-bond donors (Lipinski definition) is 2. The molecule has 21 heavy (non-hydrogen) atoms. The number of aromatic amines is 1. The standard InChI is InChI=1S/C17H17N3O/c1-10-7-8-14(12(3)9-10)19-20-16-13-6-4-5-11(2)15(13)18-17(16)21/h4-9,18,21H,1-3H3. The highest BCUT2D eigenvalue weighted by molar-refractivity contribution is 5.95. The molecule has 4 nitrogen and oxygen atoms in total. The Labute approximate surface area is 123 Å². The zero-order valence-corrected chi connectivity index (χ0v) is 12.3. The van der Waals surface area contributed by atoms with E-state index in [2.05, 4.69) is 21.3 Å². The maximum atomic E-state index is 10.0. The molecule has 0 radical (unpaired) electrons. The van der Waals surface area contributed by atoms with Crippen LogP contribution < -0.4 is 0 Å². The van der Waals surface area contributed by atoms with Crippen LogP contribution >= 0.6 is 0 Å². The van der Waals surface area contributed by atoms with E-state index in [9.17, 15) is 5.11 Å². The summed E-state index contributed by atoms with van der Waals surface area (Å²) in [5, 5.41) is 19.4. The van der Waals surface area contributed by atoms with Crippen LogP contribution in [0.15, 0.2) is 46.6 Å². The molecule has 1 aromatic heterocycles. The van der Waals surface area contributed by atoms with Crippen LogP contribution in [0, 0.1) is 20.8 Å². The molecule has 3 rings (SSSR count). The lowest BCUT2D eigenvalue weighted by Gasteiger charge is -2.00. The van der Waals surface area contributed by atoms with Gasteiger partial charge in [0, 0.05) is 5.39 Å². The topological polar surface area (TPSA) is 60.7 Å². The van der Waals surface area contributed by atoms with E-state index < -0.39 is 0 Å². The van der Waals surface area contributed by atoms with E-state index in [0.717, 1.165) is 27.7 Å². The van der Waals surface area contributed by atoms with Gasteiger partial charge in [-0.1, -0.05) is 35.9 Å². The molecule has 0 fully saturated rings. The highest BCUT2D eigenvalue weighted by atomic mass is 16.3. The molecule has 2 aromatic carbocycles. The van der Waals surface area contributed by atoms with Crippen LogP contribution in [-0.4, -0.2) is 10.1 Å². The summed E-state index contributed by atoms with van der Waals surface area (Å²) >= 11 is 0. The summed E-state index contributed by atoms with van der Waals surface area (Å²) in [5.41, 5.74) is 5.50. The van der Waals surface area contributed by atoms with E-state index in [1.54, 1.807) is 0 Å². The highest BCUT2D eigenvalue weighted by Crippen LogP contribution is 2.37. The Hall–Kier alpha value is -2.62. The third-order valence-electron chi connectivity index (χ3n) is 3.61. The summed E-state index contributed by atoms with van der Waals surface area (Å²) in [5.74, 6) is 0.0489. The first kappa shape index (κ1) is 13.4. The quantitative estimate of drug-likeness (QED) is 0.621. The number of aromatic nitrogens is 1. The number of aromatic hydroxyl groups is 1. The molecule has 0 aliphatic heterocycles. The van der Waals surface area contributed by atoms with Crippen LogP contribution in [0.5, 0.6) is 5.88 Å². The predicted octanol–water partition coefficient (Wildman–Crippen LogP) is 5.21. The number of hydrogen-bond acceptors (Lipinski definition) is 3. The lowest BCUT2D eigenvalue weighted by molar-refractivity contribution is 0.459. The average molecular weight is 279 g/mol. The molecule has 0 aliphatic rings. The third-order valence-corrected chi connectivity index (χ3v) is 3.61. The summed E-state index contributed by atoms with van der Waals surface area (Å²) in [6.07, 6.45) is 0. The second kappa shape index (κ2) is 5.05. The van der Waals surface area contributed by atoms with Crippen molar-refractivity contribution in [2.45, 2.75) is 20.8 Å². The first-order valence-electron chi connectivity index (χ1n) is 6.85. The number of para-hydroxylation sites is 1. The van der Waals surface area contributed by atoms with Crippen LogP contribution in [0.4, 0.5) is 11.4 Å². The van der Waals surface area contributed by atoms with Gasteiger partial charge in [-0.15, -0.1) is 5.11 Å². The third kappa shape index (κ3) is 2.40. The van der Waals surface area contributed by atoms with Crippen LogP contribution in [-0.2, 0) is 0 Å². The van der Waals surface area contributed by atoms with Gasteiger partial charge < -0.3 is 10.1 Å². The van der Waals surface area contributed by atoms with Gasteiger partial charge in [0.15, 0.2) is 5.69 Å². The fourth-order valence-corrected chi connectivity index (χ4v) is 2.46. The maximum Gasteiger partial charge on any atom is 0.218 e. The largest absolute Gasteiger partial charge is 0.493 e. The summed E-state index contributed by atoms with van der Waals surface area (Å²) in [4.78, 5) is 2.96. The molecule has 0 saturated carbocycles. The Morgan fingerprint density at radius 1 is 0.952 bits per heavy atom. The Morgan fingerprint density at radius 2 is 1.76 bits per heavy atom. The van der Waals surface area contributed by atoms with Crippen LogP contribution in [0.3, 0.4) is 0 Å². The average Bonchev–Trinajstić information content (AvgIpc) is 2.76. The number of rotatable bonds is 2. The number of benzene rings is 2. The highest BCUT2D eigenvalue weighted by Gasteiger charge is 2.11. The van der Waals surface area contributed by atoms with Crippen molar-refractivity contribution in [3.05, 3.63) is 53.1 Å². The van der Waals surface area contributed by atoms with E-state index in [0.29, 0.717) is 5.69 Å². The van der Waals surface area contributed by atoms with Crippen molar-refractivity contribution in [3.8, 4) is 5.88 Å². The van der Waals surface area contributed by atoms with Crippen LogP contribution in [0.2, 0.25) is 0 Å². The van der Waals surface area contributed by atoms with Gasteiger partial charge in [0.25, 0.3) is 0 Å². The minimum absolute atomic E-state index is 0.0489. The van der Waals surface area contributed by atoms with Gasteiger partial charge in [-0.05, 0) is 38.0 Å². The minimum Gasteiger partial charge on any atom is -0.493 e. The van der Waals surface area contributed by atoms with Crippen molar-refractivity contribution in [1.82, 2.24) is 4.98 Å². The SMILES string of the molecule is Cc1ccc(N=Nc2c(O)[nH]c3c(C)cccc23)c(C)c1. The normalized spacial score (nSPS) is 11.6. The second-order valence-corrected chi connectivity index (χ2v) is 5.31. The predicted molar refractivity (Wildman–Crippen MR) is 84.8 cm³/mol. The maximum absolute atomic E-state index is 10.0. The number of aryl methyl sites for hydroxylation is 3. The Kier molecular flexibility index (Phi) is 3.22. The van der Waals surface area contributed by atoms with E-state index in [4.69, 9.17) is 0 Å². The molecule has 0 saturated heterocycles. The first-order valence-corrected chi connectivity index (χ1v) is 6.85. The van der Waals surface area contributed by atoms with E-state index in [1.807, 2.05) is 51.1 Å². The van der Waals surface area contributed by atoms with Gasteiger partial charge in [-0.2, -0.15) is 5.11 Å². The van der Waals surface area contributed by atoms with Gasteiger partial charge in [-0.3, -0.25) is 0 Å². The molecule has 3 aromatic rings. The van der Waals surface area contributed by atoms with Gasteiger partial charge in [0.05, 0.1) is 11.2 Å². The van der Waals surface area contributed by atoms with Crippen LogP contribution in [0.25, 0.3) is 10.9 Å². The molecule has 0 amide bonds. The van der Waals surface area contributed by atoms with Gasteiger partial charge in [0.2, 0.25) is 5.88 Å². The lowest BCUT2D eigenvalue weighted by Crippen LogP contribution is -1.76. The molecule has 106 valence electrons. The lowest BCUT2D eigenvalue weighted by atomic mass is 10.1. The zero-order chi connectivity index (χ0) is 15.0. The molecule has 1 heterocycles. The number of azo groups is 1. The molecular formula is C17H17N3O. The molecule has 0 unspecified atom stereocenters.